The van der Waals surface area contributed by atoms with Crippen LogP contribution < -0.4 is 0 Å². The third-order valence-corrected chi connectivity index (χ3v) is 6.05. The zero-order valence-electron chi connectivity index (χ0n) is 16.9. The molecule has 148 valence electrons. The van der Waals surface area contributed by atoms with Crippen molar-refractivity contribution in [2.45, 2.75) is 122 Å². The average molecular weight is 363 g/mol. The smallest absolute Gasteiger partial charge is 0.169 e. The van der Waals surface area contributed by atoms with E-state index in [1.54, 1.807) is 0 Å². The van der Waals surface area contributed by atoms with Crippen LogP contribution in [-0.2, 0) is 9.47 Å². The molecule has 1 aromatic rings. The summed E-state index contributed by atoms with van der Waals surface area (Å²) in [6.45, 7) is 4.28. The number of aryl methyl sites for hydroxylation is 1. The fourth-order valence-electron chi connectivity index (χ4n) is 4.58. The van der Waals surface area contributed by atoms with E-state index in [0.29, 0.717) is 6.10 Å². The second-order valence-electron chi connectivity index (χ2n) is 8.40. The summed E-state index contributed by atoms with van der Waals surface area (Å²) in [4.78, 5) is 0. The van der Waals surface area contributed by atoms with Crippen molar-refractivity contribution in [1.29, 1.82) is 0 Å². The summed E-state index contributed by atoms with van der Waals surface area (Å²) in [5.41, 5.74) is 0. The van der Waals surface area contributed by atoms with Crippen LogP contribution in [0.25, 0.3) is 0 Å². The molecule has 1 spiro atoms. The molecule has 3 heteroatoms. The molecule has 3 atom stereocenters. The Morgan fingerprint density at radius 2 is 1.65 bits per heavy atom. The van der Waals surface area contributed by atoms with Crippen molar-refractivity contribution in [3.63, 3.8) is 0 Å². The summed E-state index contributed by atoms with van der Waals surface area (Å²) in [5, 5.41) is 0. The van der Waals surface area contributed by atoms with E-state index in [4.69, 9.17) is 13.9 Å². The highest BCUT2D eigenvalue weighted by atomic mass is 16.7. The number of ether oxygens (including phenoxy) is 2. The summed E-state index contributed by atoms with van der Waals surface area (Å²) in [5.74, 6) is 1.58. The second-order valence-corrected chi connectivity index (χ2v) is 8.40. The second kappa shape index (κ2) is 9.94. The normalized spacial score (nSPS) is 29.3. The number of furan rings is 1. The van der Waals surface area contributed by atoms with Gasteiger partial charge in [0.15, 0.2) is 5.79 Å². The predicted molar refractivity (Wildman–Crippen MR) is 105 cm³/mol. The van der Waals surface area contributed by atoms with Crippen LogP contribution in [0.15, 0.2) is 16.5 Å². The van der Waals surface area contributed by atoms with Crippen LogP contribution in [0.3, 0.4) is 0 Å². The van der Waals surface area contributed by atoms with Gasteiger partial charge in [-0.3, -0.25) is 0 Å². The Morgan fingerprint density at radius 1 is 0.923 bits per heavy atom. The first-order valence-electron chi connectivity index (χ1n) is 11.1. The van der Waals surface area contributed by atoms with Crippen molar-refractivity contribution < 1.29 is 13.9 Å². The Kier molecular flexibility index (Phi) is 7.63. The van der Waals surface area contributed by atoms with Crippen molar-refractivity contribution in [1.82, 2.24) is 0 Å². The third-order valence-electron chi connectivity index (χ3n) is 6.05. The minimum atomic E-state index is -0.354. The molecule has 3 rings (SSSR count). The fraction of sp³-hybridized carbons (Fsp3) is 0.826. The summed E-state index contributed by atoms with van der Waals surface area (Å²) in [6, 6.07) is 4.10. The minimum Gasteiger partial charge on any atom is -0.464 e. The van der Waals surface area contributed by atoms with Crippen LogP contribution in [0.1, 0.15) is 114 Å². The van der Waals surface area contributed by atoms with Gasteiger partial charge in [-0.25, -0.2) is 0 Å². The van der Waals surface area contributed by atoms with Crippen LogP contribution in [0.5, 0.6) is 0 Å². The molecule has 0 bridgehead atoms. The molecular formula is C23H38O3. The fourth-order valence-corrected chi connectivity index (χ4v) is 4.58. The van der Waals surface area contributed by atoms with E-state index in [1.165, 1.54) is 64.2 Å². The van der Waals surface area contributed by atoms with Gasteiger partial charge in [-0.2, -0.15) is 0 Å². The van der Waals surface area contributed by atoms with Gasteiger partial charge in [-0.15, -0.1) is 0 Å². The van der Waals surface area contributed by atoms with Gasteiger partial charge in [0.05, 0.1) is 6.10 Å². The summed E-state index contributed by atoms with van der Waals surface area (Å²) in [7, 11) is 0. The van der Waals surface area contributed by atoms with Crippen molar-refractivity contribution in [3.8, 4) is 0 Å². The van der Waals surface area contributed by atoms with E-state index in [1.807, 2.05) is 13.0 Å². The Balaban J connectivity index is 1.43. The van der Waals surface area contributed by atoms with Gasteiger partial charge < -0.3 is 13.9 Å². The van der Waals surface area contributed by atoms with Gasteiger partial charge in [0, 0.05) is 12.8 Å². The maximum Gasteiger partial charge on any atom is 0.169 e. The molecule has 26 heavy (non-hydrogen) atoms. The molecule has 0 amide bonds. The highest BCUT2D eigenvalue weighted by Crippen LogP contribution is 2.44. The Hall–Kier alpha value is -0.800. The third kappa shape index (κ3) is 5.60. The van der Waals surface area contributed by atoms with Crippen LogP contribution in [0.4, 0.5) is 0 Å². The molecular weight excluding hydrogens is 324 g/mol. The Labute approximate surface area is 159 Å². The number of hydrogen-bond acceptors (Lipinski definition) is 3. The molecule has 0 saturated carbocycles. The highest BCUT2D eigenvalue weighted by molar-refractivity contribution is 5.09. The van der Waals surface area contributed by atoms with E-state index >= 15 is 0 Å². The molecule has 0 unspecified atom stereocenters. The molecule has 0 aliphatic carbocycles. The lowest BCUT2D eigenvalue weighted by molar-refractivity contribution is -0.319. The molecule has 0 aromatic carbocycles. The predicted octanol–water partition coefficient (Wildman–Crippen LogP) is 7.24. The molecule has 2 aliphatic rings. The molecule has 1 aromatic heterocycles. The molecule has 2 fully saturated rings. The van der Waals surface area contributed by atoms with Gasteiger partial charge in [-0.1, -0.05) is 51.9 Å². The Bertz CT molecular complexity index is 519. The molecule has 0 radical (unpaired) electrons. The number of rotatable bonds is 9. The topological polar surface area (TPSA) is 31.6 Å². The monoisotopic (exact) mass is 362 g/mol. The molecule has 3 heterocycles. The standard InChI is InChI=1S/C23H38O3/c1-3-4-5-6-7-8-9-12-20-13-10-17-23(25-20)18-11-14-22(26-23)21-16-15-19(2)24-21/h15-16,20,22H,3-14,17-18H2,1-2H3/t20-,22+,23+/m0/s1. The van der Waals surface area contributed by atoms with E-state index in [0.717, 1.165) is 37.2 Å². The number of hydrogen-bond donors (Lipinski definition) is 0. The summed E-state index contributed by atoms with van der Waals surface area (Å²) in [6.07, 6.45) is 17.9. The van der Waals surface area contributed by atoms with E-state index < -0.39 is 0 Å². The largest absolute Gasteiger partial charge is 0.464 e. The molecule has 0 N–H and O–H groups in total. The number of unbranched alkanes of at least 4 members (excludes halogenated alkanes) is 6. The first-order chi connectivity index (χ1) is 12.7. The first-order valence-corrected chi connectivity index (χ1v) is 11.1. The van der Waals surface area contributed by atoms with Gasteiger partial charge in [0.1, 0.15) is 17.6 Å². The lowest BCUT2D eigenvalue weighted by Crippen LogP contribution is -2.46. The summed E-state index contributed by atoms with van der Waals surface area (Å²) < 4.78 is 18.9. The van der Waals surface area contributed by atoms with Crippen molar-refractivity contribution in [2.24, 2.45) is 0 Å². The zero-order valence-corrected chi connectivity index (χ0v) is 16.9. The van der Waals surface area contributed by atoms with Gasteiger partial charge in [-0.05, 0) is 51.2 Å². The van der Waals surface area contributed by atoms with Crippen molar-refractivity contribution >= 4 is 0 Å². The van der Waals surface area contributed by atoms with Crippen molar-refractivity contribution in [3.05, 3.63) is 23.7 Å². The average Bonchev–Trinajstić information content (AvgIpc) is 3.08. The van der Waals surface area contributed by atoms with Crippen LogP contribution in [0.2, 0.25) is 0 Å². The van der Waals surface area contributed by atoms with E-state index in [9.17, 15) is 0 Å². The lowest BCUT2D eigenvalue weighted by Gasteiger charge is -2.45. The summed E-state index contributed by atoms with van der Waals surface area (Å²) >= 11 is 0. The van der Waals surface area contributed by atoms with Gasteiger partial charge in [0.25, 0.3) is 0 Å². The molecule has 3 nitrogen and oxygen atoms in total. The van der Waals surface area contributed by atoms with Crippen LogP contribution >= 0.6 is 0 Å². The van der Waals surface area contributed by atoms with Crippen LogP contribution in [-0.4, -0.2) is 11.9 Å². The lowest BCUT2D eigenvalue weighted by atomic mass is 9.91. The van der Waals surface area contributed by atoms with Crippen molar-refractivity contribution in [2.75, 3.05) is 0 Å². The SMILES string of the molecule is CCCCCCCCC[C@H]1CCC[C@@]2(CCC[C@H](c3ccc(C)o3)O2)O1. The molecule has 2 aliphatic heterocycles. The van der Waals surface area contributed by atoms with E-state index in [2.05, 4.69) is 13.0 Å². The van der Waals surface area contributed by atoms with Crippen LogP contribution in [0, 0.1) is 6.92 Å². The van der Waals surface area contributed by atoms with E-state index in [-0.39, 0.29) is 11.9 Å². The molecule has 2 saturated heterocycles. The maximum atomic E-state index is 6.55. The first kappa shape index (κ1) is 19.9. The Morgan fingerprint density at radius 3 is 2.38 bits per heavy atom. The van der Waals surface area contributed by atoms with Gasteiger partial charge in [0.2, 0.25) is 0 Å². The maximum absolute atomic E-state index is 6.55. The van der Waals surface area contributed by atoms with Gasteiger partial charge >= 0.3 is 0 Å². The highest BCUT2D eigenvalue weighted by Gasteiger charge is 2.43. The minimum absolute atomic E-state index is 0.0646. The quantitative estimate of drug-likeness (QED) is 0.434. The zero-order chi connectivity index (χ0) is 18.2.